The first-order chi connectivity index (χ1) is 8.15. The van der Waals surface area contributed by atoms with E-state index in [1.807, 2.05) is 0 Å². The average Bonchev–Trinajstić information content (AvgIpc) is 3.14. The van der Waals surface area contributed by atoms with Gasteiger partial charge in [0, 0.05) is 18.6 Å². The molecule has 2 N–H and O–H groups in total. The molecule has 0 amide bonds. The Balaban J connectivity index is 2.01. The van der Waals surface area contributed by atoms with Crippen LogP contribution in [0.5, 0.6) is 0 Å². The fourth-order valence-electron chi connectivity index (χ4n) is 3.84. The van der Waals surface area contributed by atoms with Gasteiger partial charge in [-0.15, -0.1) is 0 Å². The standard InChI is InChI=1S/C15H30N2/c1-11(2)13-6-4-5-7-14(13)17(3)15(10-16)12-8-9-12/h11-15H,4-10,16H2,1-3H3. The molecule has 0 aromatic rings. The minimum Gasteiger partial charge on any atom is -0.329 e. The molecule has 100 valence electrons. The third-order valence-electron chi connectivity index (χ3n) is 5.09. The molecule has 2 rings (SSSR count). The normalized spacial score (nSPS) is 32.1. The van der Waals surface area contributed by atoms with Gasteiger partial charge in [0.05, 0.1) is 0 Å². The van der Waals surface area contributed by atoms with E-state index in [4.69, 9.17) is 5.73 Å². The molecule has 0 aromatic carbocycles. The molecule has 0 radical (unpaired) electrons. The van der Waals surface area contributed by atoms with E-state index >= 15 is 0 Å². The van der Waals surface area contributed by atoms with Crippen molar-refractivity contribution in [3.05, 3.63) is 0 Å². The number of likely N-dealkylation sites (N-methyl/N-ethyl adjacent to an activating group) is 1. The lowest BCUT2D eigenvalue weighted by Crippen LogP contribution is -2.50. The Hall–Kier alpha value is -0.0800. The molecule has 0 aliphatic heterocycles. The molecule has 3 unspecified atom stereocenters. The second kappa shape index (κ2) is 5.71. The lowest BCUT2D eigenvalue weighted by molar-refractivity contribution is 0.0611. The van der Waals surface area contributed by atoms with Crippen LogP contribution in [-0.2, 0) is 0 Å². The van der Waals surface area contributed by atoms with Crippen molar-refractivity contribution in [1.29, 1.82) is 0 Å². The summed E-state index contributed by atoms with van der Waals surface area (Å²) in [4.78, 5) is 2.65. The molecule has 0 saturated heterocycles. The van der Waals surface area contributed by atoms with Gasteiger partial charge in [-0.2, -0.15) is 0 Å². The first-order valence-corrected chi connectivity index (χ1v) is 7.57. The first-order valence-electron chi connectivity index (χ1n) is 7.57. The molecular weight excluding hydrogens is 208 g/mol. The van der Waals surface area contributed by atoms with E-state index < -0.39 is 0 Å². The second-order valence-electron chi connectivity index (χ2n) is 6.57. The van der Waals surface area contributed by atoms with Crippen molar-refractivity contribution in [2.75, 3.05) is 13.6 Å². The van der Waals surface area contributed by atoms with Gasteiger partial charge in [0.1, 0.15) is 0 Å². The van der Waals surface area contributed by atoms with Gasteiger partial charge in [-0.05, 0) is 50.5 Å². The Kier molecular flexibility index (Phi) is 4.48. The summed E-state index contributed by atoms with van der Waals surface area (Å²) >= 11 is 0. The Morgan fingerprint density at radius 3 is 2.29 bits per heavy atom. The molecule has 0 bridgehead atoms. The SMILES string of the molecule is CC(C)C1CCCCC1N(C)C(CN)C1CC1. The molecule has 0 spiro atoms. The minimum atomic E-state index is 0.652. The van der Waals surface area contributed by atoms with Crippen LogP contribution in [0.25, 0.3) is 0 Å². The van der Waals surface area contributed by atoms with Crippen molar-refractivity contribution in [3.63, 3.8) is 0 Å². The van der Waals surface area contributed by atoms with Gasteiger partial charge in [-0.25, -0.2) is 0 Å². The molecule has 2 fully saturated rings. The summed E-state index contributed by atoms with van der Waals surface area (Å²) in [6, 6.07) is 1.44. The van der Waals surface area contributed by atoms with E-state index in [-0.39, 0.29) is 0 Å². The summed E-state index contributed by atoms with van der Waals surface area (Å²) in [5, 5.41) is 0. The van der Waals surface area contributed by atoms with Crippen molar-refractivity contribution >= 4 is 0 Å². The van der Waals surface area contributed by atoms with Crippen molar-refractivity contribution in [2.45, 2.75) is 64.5 Å². The summed E-state index contributed by atoms with van der Waals surface area (Å²) in [6.07, 6.45) is 8.48. The monoisotopic (exact) mass is 238 g/mol. The molecule has 2 saturated carbocycles. The maximum Gasteiger partial charge on any atom is 0.0246 e. The number of nitrogens with zero attached hydrogens (tertiary/aromatic N) is 1. The van der Waals surface area contributed by atoms with Crippen molar-refractivity contribution in [1.82, 2.24) is 4.90 Å². The molecular formula is C15H30N2. The van der Waals surface area contributed by atoms with Crippen molar-refractivity contribution in [2.24, 2.45) is 23.5 Å². The summed E-state index contributed by atoms with van der Waals surface area (Å²) in [5.74, 6) is 2.61. The van der Waals surface area contributed by atoms with Crippen LogP contribution in [0.4, 0.5) is 0 Å². The zero-order valence-electron chi connectivity index (χ0n) is 11.9. The van der Waals surface area contributed by atoms with Crippen LogP contribution in [0.3, 0.4) is 0 Å². The number of hydrogen-bond acceptors (Lipinski definition) is 2. The molecule has 2 nitrogen and oxygen atoms in total. The fraction of sp³-hybridized carbons (Fsp3) is 1.00. The maximum absolute atomic E-state index is 6.00. The second-order valence-corrected chi connectivity index (χ2v) is 6.57. The molecule has 17 heavy (non-hydrogen) atoms. The van der Waals surface area contributed by atoms with Gasteiger partial charge in [-0.3, -0.25) is 4.90 Å². The lowest BCUT2D eigenvalue weighted by atomic mass is 9.76. The number of hydrogen-bond donors (Lipinski definition) is 1. The summed E-state index contributed by atoms with van der Waals surface area (Å²) in [7, 11) is 2.33. The quantitative estimate of drug-likeness (QED) is 0.798. The van der Waals surface area contributed by atoms with Crippen molar-refractivity contribution in [3.8, 4) is 0 Å². The van der Waals surface area contributed by atoms with Gasteiger partial charge in [0.25, 0.3) is 0 Å². The van der Waals surface area contributed by atoms with Crippen LogP contribution in [0.2, 0.25) is 0 Å². The maximum atomic E-state index is 6.00. The highest BCUT2D eigenvalue weighted by Crippen LogP contribution is 2.39. The highest BCUT2D eigenvalue weighted by Gasteiger charge is 2.38. The molecule has 2 aliphatic rings. The Morgan fingerprint density at radius 2 is 1.76 bits per heavy atom. The average molecular weight is 238 g/mol. The smallest absolute Gasteiger partial charge is 0.0246 e. The van der Waals surface area contributed by atoms with Gasteiger partial charge in [-0.1, -0.05) is 26.7 Å². The number of nitrogens with two attached hydrogens (primary N) is 1. The van der Waals surface area contributed by atoms with E-state index in [0.717, 1.165) is 30.3 Å². The molecule has 2 heteroatoms. The minimum absolute atomic E-state index is 0.652. The van der Waals surface area contributed by atoms with E-state index in [1.54, 1.807) is 0 Å². The molecule has 2 aliphatic carbocycles. The van der Waals surface area contributed by atoms with Crippen molar-refractivity contribution < 1.29 is 0 Å². The van der Waals surface area contributed by atoms with Crippen LogP contribution < -0.4 is 5.73 Å². The third-order valence-corrected chi connectivity index (χ3v) is 5.09. The topological polar surface area (TPSA) is 29.3 Å². The highest BCUT2D eigenvalue weighted by molar-refractivity contribution is 4.93. The zero-order chi connectivity index (χ0) is 12.4. The lowest BCUT2D eigenvalue weighted by Gasteiger charge is -2.43. The molecule has 3 atom stereocenters. The Labute approximate surface area is 107 Å². The highest BCUT2D eigenvalue weighted by atomic mass is 15.2. The largest absolute Gasteiger partial charge is 0.329 e. The fourth-order valence-corrected chi connectivity index (χ4v) is 3.84. The zero-order valence-corrected chi connectivity index (χ0v) is 11.9. The van der Waals surface area contributed by atoms with Gasteiger partial charge < -0.3 is 5.73 Å². The summed E-state index contributed by atoms with van der Waals surface area (Å²) in [5.41, 5.74) is 6.00. The van der Waals surface area contributed by atoms with Gasteiger partial charge in [0.15, 0.2) is 0 Å². The van der Waals surface area contributed by atoms with Crippen LogP contribution in [0, 0.1) is 17.8 Å². The first kappa shape index (κ1) is 13.4. The van der Waals surface area contributed by atoms with E-state index in [1.165, 1.54) is 38.5 Å². The van der Waals surface area contributed by atoms with Crippen LogP contribution in [0.1, 0.15) is 52.4 Å². The van der Waals surface area contributed by atoms with Crippen LogP contribution in [0.15, 0.2) is 0 Å². The molecule has 0 heterocycles. The van der Waals surface area contributed by atoms with Crippen LogP contribution >= 0.6 is 0 Å². The molecule has 0 aromatic heterocycles. The Bertz CT molecular complexity index is 235. The van der Waals surface area contributed by atoms with Gasteiger partial charge in [0.2, 0.25) is 0 Å². The predicted molar refractivity (Wildman–Crippen MR) is 73.9 cm³/mol. The van der Waals surface area contributed by atoms with E-state index in [9.17, 15) is 0 Å². The van der Waals surface area contributed by atoms with Crippen LogP contribution in [-0.4, -0.2) is 30.6 Å². The summed E-state index contributed by atoms with van der Waals surface area (Å²) in [6.45, 7) is 5.64. The predicted octanol–water partition coefficient (Wildman–Crippen LogP) is 2.87. The third kappa shape index (κ3) is 3.03. The number of rotatable bonds is 5. The summed E-state index contributed by atoms with van der Waals surface area (Å²) < 4.78 is 0. The van der Waals surface area contributed by atoms with E-state index in [2.05, 4.69) is 25.8 Å². The van der Waals surface area contributed by atoms with E-state index in [0.29, 0.717) is 6.04 Å². The Morgan fingerprint density at radius 1 is 1.12 bits per heavy atom. The van der Waals surface area contributed by atoms with Gasteiger partial charge >= 0.3 is 0 Å².